The second-order valence-corrected chi connectivity index (χ2v) is 6.15. The lowest BCUT2D eigenvalue weighted by Crippen LogP contribution is -2.40. The van der Waals surface area contributed by atoms with Crippen molar-refractivity contribution in [3.8, 4) is 0 Å². The fourth-order valence-corrected chi connectivity index (χ4v) is 3.06. The number of ether oxygens (including phenoxy) is 2. The predicted octanol–water partition coefficient (Wildman–Crippen LogP) is 3.17. The molecule has 2 atom stereocenters. The van der Waals surface area contributed by atoms with Crippen molar-refractivity contribution in [3.63, 3.8) is 0 Å². The van der Waals surface area contributed by atoms with Gasteiger partial charge in [0.25, 0.3) is 0 Å². The summed E-state index contributed by atoms with van der Waals surface area (Å²) in [5, 5.41) is 3.45. The Morgan fingerprint density at radius 1 is 1.25 bits per heavy atom. The van der Waals surface area contributed by atoms with Gasteiger partial charge in [-0.15, -0.1) is 11.3 Å². The first-order valence-corrected chi connectivity index (χ1v) is 6.76. The van der Waals surface area contributed by atoms with E-state index in [9.17, 15) is 0 Å². The van der Waals surface area contributed by atoms with Crippen LogP contribution in [0.25, 0.3) is 0 Å². The standard InChI is InChI=1S/C11H18BrNO2S/c1-7(9-5-6-10(12)16-9)13-8(2)11(14-3)15-4/h5-8,11,13H,1-4H3. The van der Waals surface area contributed by atoms with Crippen LogP contribution < -0.4 is 5.32 Å². The molecular weight excluding hydrogens is 290 g/mol. The smallest absolute Gasteiger partial charge is 0.171 e. The number of methoxy groups -OCH3 is 2. The number of nitrogens with one attached hydrogen (secondary N) is 1. The maximum absolute atomic E-state index is 5.21. The minimum absolute atomic E-state index is 0.144. The summed E-state index contributed by atoms with van der Waals surface area (Å²) in [6, 6.07) is 4.62. The van der Waals surface area contributed by atoms with E-state index in [1.165, 1.54) is 4.88 Å². The Morgan fingerprint density at radius 2 is 1.88 bits per heavy atom. The van der Waals surface area contributed by atoms with E-state index >= 15 is 0 Å². The molecule has 92 valence electrons. The van der Waals surface area contributed by atoms with E-state index in [1.807, 2.05) is 0 Å². The first kappa shape index (κ1) is 14.1. The van der Waals surface area contributed by atoms with Crippen LogP contribution >= 0.6 is 27.3 Å². The molecule has 1 N–H and O–H groups in total. The fourth-order valence-electron chi connectivity index (χ4n) is 1.62. The van der Waals surface area contributed by atoms with Gasteiger partial charge in [0.15, 0.2) is 6.29 Å². The van der Waals surface area contributed by atoms with Gasteiger partial charge < -0.3 is 14.8 Å². The van der Waals surface area contributed by atoms with Crippen molar-refractivity contribution in [2.45, 2.75) is 32.2 Å². The number of thiophene rings is 1. The van der Waals surface area contributed by atoms with E-state index in [2.05, 4.69) is 47.2 Å². The quantitative estimate of drug-likeness (QED) is 0.819. The zero-order valence-corrected chi connectivity index (χ0v) is 12.4. The summed E-state index contributed by atoms with van der Waals surface area (Å²) in [5.41, 5.74) is 0. The van der Waals surface area contributed by atoms with Crippen molar-refractivity contribution in [2.24, 2.45) is 0 Å². The Labute approximate surface area is 109 Å². The van der Waals surface area contributed by atoms with Crippen LogP contribution in [0.5, 0.6) is 0 Å². The van der Waals surface area contributed by atoms with Crippen molar-refractivity contribution in [3.05, 3.63) is 20.8 Å². The zero-order valence-electron chi connectivity index (χ0n) is 9.99. The van der Waals surface area contributed by atoms with E-state index in [-0.39, 0.29) is 12.3 Å². The first-order valence-electron chi connectivity index (χ1n) is 5.15. The van der Waals surface area contributed by atoms with Crippen molar-refractivity contribution in [1.82, 2.24) is 5.32 Å². The Kier molecular flexibility index (Phi) is 5.92. The van der Waals surface area contributed by atoms with Gasteiger partial charge in [-0.1, -0.05) is 0 Å². The van der Waals surface area contributed by atoms with Crippen molar-refractivity contribution in [1.29, 1.82) is 0 Å². The molecular formula is C11H18BrNO2S. The highest BCUT2D eigenvalue weighted by Crippen LogP contribution is 2.27. The van der Waals surface area contributed by atoms with E-state index < -0.39 is 0 Å². The van der Waals surface area contributed by atoms with Gasteiger partial charge in [-0.25, -0.2) is 0 Å². The van der Waals surface area contributed by atoms with Crippen LogP contribution in [-0.2, 0) is 9.47 Å². The molecule has 0 aliphatic carbocycles. The highest BCUT2D eigenvalue weighted by atomic mass is 79.9. The fraction of sp³-hybridized carbons (Fsp3) is 0.636. The lowest BCUT2D eigenvalue weighted by atomic mass is 10.2. The first-order chi connectivity index (χ1) is 7.58. The summed E-state index contributed by atoms with van der Waals surface area (Å²) >= 11 is 5.20. The molecule has 0 radical (unpaired) electrons. The number of rotatable bonds is 6. The Bertz CT molecular complexity index is 315. The maximum Gasteiger partial charge on any atom is 0.171 e. The maximum atomic E-state index is 5.21. The molecule has 0 saturated carbocycles. The summed E-state index contributed by atoms with van der Waals surface area (Å²) < 4.78 is 11.6. The van der Waals surface area contributed by atoms with Crippen LogP contribution in [0, 0.1) is 0 Å². The second kappa shape index (κ2) is 6.71. The largest absolute Gasteiger partial charge is 0.354 e. The Hall–Kier alpha value is 0.0600. The topological polar surface area (TPSA) is 30.5 Å². The molecule has 0 amide bonds. The van der Waals surface area contributed by atoms with E-state index in [1.54, 1.807) is 25.6 Å². The Morgan fingerprint density at radius 3 is 2.31 bits per heavy atom. The number of halogens is 1. The highest BCUT2D eigenvalue weighted by Gasteiger charge is 2.18. The molecule has 1 aromatic heterocycles. The third kappa shape index (κ3) is 3.82. The van der Waals surface area contributed by atoms with E-state index in [0.29, 0.717) is 6.04 Å². The molecule has 0 aliphatic heterocycles. The third-order valence-corrected chi connectivity index (χ3v) is 4.21. The number of hydrogen-bond acceptors (Lipinski definition) is 4. The SMILES string of the molecule is COC(OC)C(C)NC(C)c1ccc(Br)s1. The van der Waals surface area contributed by atoms with Crippen LogP contribution in [0.1, 0.15) is 24.8 Å². The van der Waals surface area contributed by atoms with Gasteiger partial charge in [0.05, 0.1) is 9.83 Å². The van der Waals surface area contributed by atoms with Crippen LogP contribution in [0.2, 0.25) is 0 Å². The van der Waals surface area contributed by atoms with Crippen LogP contribution in [0.3, 0.4) is 0 Å². The van der Waals surface area contributed by atoms with Crippen LogP contribution in [0.15, 0.2) is 15.9 Å². The molecule has 0 aliphatic rings. The summed E-state index contributed by atoms with van der Waals surface area (Å²) in [6.45, 7) is 4.19. The van der Waals surface area contributed by atoms with Crippen molar-refractivity contribution >= 4 is 27.3 Å². The molecule has 0 bridgehead atoms. The molecule has 16 heavy (non-hydrogen) atoms. The number of hydrogen-bond donors (Lipinski definition) is 1. The molecule has 3 nitrogen and oxygen atoms in total. The lowest BCUT2D eigenvalue weighted by Gasteiger charge is -2.25. The molecule has 0 saturated heterocycles. The average Bonchev–Trinajstić information content (AvgIpc) is 2.66. The van der Waals surface area contributed by atoms with Gasteiger partial charge >= 0.3 is 0 Å². The lowest BCUT2D eigenvalue weighted by molar-refractivity contribution is -0.120. The normalized spacial score (nSPS) is 15.4. The van der Waals surface area contributed by atoms with Crippen LogP contribution in [0.4, 0.5) is 0 Å². The van der Waals surface area contributed by atoms with Gasteiger partial charge in [0.1, 0.15) is 0 Å². The summed E-state index contributed by atoms with van der Waals surface area (Å²) in [7, 11) is 3.30. The van der Waals surface area contributed by atoms with E-state index in [4.69, 9.17) is 9.47 Å². The average molecular weight is 308 g/mol. The molecule has 1 aromatic rings. The van der Waals surface area contributed by atoms with Crippen LogP contribution in [-0.4, -0.2) is 26.6 Å². The van der Waals surface area contributed by atoms with Crippen molar-refractivity contribution < 1.29 is 9.47 Å². The van der Waals surface area contributed by atoms with E-state index in [0.717, 1.165) is 3.79 Å². The molecule has 1 heterocycles. The van der Waals surface area contributed by atoms with Gasteiger partial charge in [-0.05, 0) is 41.9 Å². The van der Waals surface area contributed by atoms with Gasteiger partial charge in [0.2, 0.25) is 0 Å². The molecule has 0 aromatic carbocycles. The zero-order chi connectivity index (χ0) is 12.1. The minimum Gasteiger partial charge on any atom is -0.354 e. The minimum atomic E-state index is -0.217. The molecule has 0 spiro atoms. The van der Waals surface area contributed by atoms with Gasteiger partial charge in [-0.3, -0.25) is 0 Å². The monoisotopic (exact) mass is 307 g/mol. The van der Waals surface area contributed by atoms with Gasteiger partial charge in [-0.2, -0.15) is 0 Å². The molecule has 0 fully saturated rings. The molecule has 1 rings (SSSR count). The summed E-state index contributed by atoms with van der Waals surface area (Å²) in [5.74, 6) is 0. The molecule has 2 unspecified atom stereocenters. The summed E-state index contributed by atoms with van der Waals surface area (Å²) in [6.07, 6.45) is -0.217. The Balaban J connectivity index is 2.53. The highest BCUT2D eigenvalue weighted by molar-refractivity contribution is 9.11. The van der Waals surface area contributed by atoms with Crippen molar-refractivity contribution in [2.75, 3.05) is 14.2 Å². The second-order valence-electron chi connectivity index (χ2n) is 3.66. The predicted molar refractivity (Wildman–Crippen MR) is 70.8 cm³/mol. The third-order valence-electron chi connectivity index (χ3n) is 2.41. The van der Waals surface area contributed by atoms with Gasteiger partial charge in [0, 0.05) is 25.1 Å². The summed E-state index contributed by atoms with van der Waals surface area (Å²) in [4.78, 5) is 1.30. The molecule has 5 heteroatoms.